The van der Waals surface area contributed by atoms with Gasteiger partial charge in [-0.25, -0.2) is 0 Å². The van der Waals surface area contributed by atoms with Gasteiger partial charge in [-0.2, -0.15) is 5.26 Å². The highest BCUT2D eigenvalue weighted by Gasteiger charge is 2.20. The highest BCUT2D eigenvalue weighted by Crippen LogP contribution is 2.28. The van der Waals surface area contributed by atoms with Gasteiger partial charge in [-0.3, -0.25) is 0 Å². The quantitative estimate of drug-likeness (QED) is 0.647. The zero-order chi connectivity index (χ0) is 12.1. The zero-order valence-corrected chi connectivity index (χ0v) is 8.92. The average Bonchev–Trinajstić information content (AvgIpc) is 2.29. The molecule has 5 heteroatoms. The van der Waals surface area contributed by atoms with E-state index in [2.05, 4.69) is 0 Å². The molecule has 1 aromatic rings. The van der Waals surface area contributed by atoms with E-state index in [0.717, 1.165) is 0 Å². The lowest BCUT2D eigenvalue weighted by atomic mass is 10.0. The summed E-state index contributed by atoms with van der Waals surface area (Å²) in [5.74, 6) is 0.535. The van der Waals surface area contributed by atoms with E-state index in [9.17, 15) is 10.2 Å². The summed E-state index contributed by atoms with van der Waals surface area (Å²) in [7, 11) is 1.49. The lowest BCUT2D eigenvalue weighted by Crippen LogP contribution is -2.18. The highest BCUT2D eigenvalue weighted by molar-refractivity contribution is 5.51. The Hall–Kier alpha value is -1.77. The van der Waals surface area contributed by atoms with Gasteiger partial charge < -0.3 is 20.7 Å². The minimum Gasteiger partial charge on any atom is -0.497 e. The molecule has 5 nitrogen and oxygen atoms in total. The molecule has 0 aliphatic carbocycles. The van der Waals surface area contributed by atoms with E-state index in [-0.39, 0.29) is 6.42 Å². The fraction of sp³-hybridized carbons (Fsp3) is 0.364. The number of anilines is 1. The lowest BCUT2D eigenvalue weighted by Gasteiger charge is -2.18. The third-order valence-electron chi connectivity index (χ3n) is 2.28. The molecule has 0 aliphatic heterocycles. The van der Waals surface area contributed by atoms with E-state index in [4.69, 9.17) is 15.7 Å². The van der Waals surface area contributed by atoms with Crippen LogP contribution in [0.2, 0.25) is 0 Å². The van der Waals surface area contributed by atoms with E-state index >= 15 is 0 Å². The summed E-state index contributed by atoms with van der Waals surface area (Å²) in [6, 6.07) is 6.56. The number of ether oxygens (including phenoxy) is 1. The molecule has 86 valence electrons. The average molecular weight is 222 g/mol. The third kappa shape index (κ3) is 2.63. The van der Waals surface area contributed by atoms with Gasteiger partial charge in [0.1, 0.15) is 11.9 Å². The van der Waals surface area contributed by atoms with Crippen molar-refractivity contribution in [3.8, 4) is 11.8 Å². The summed E-state index contributed by atoms with van der Waals surface area (Å²) < 4.78 is 4.99. The van der Waals surface area contributed by atoms with Gasteiger partial charge in [0, 0.05) is 11.3 Å². The molecule has 0 amide bonds. The Labute approximate surface area is 93.7 Å². The van der Waals surface area contributed by atoms with Crippen LogP contribution in [0.3, 0.4) is 0 Å². The van der Waals surface area contributed by atoms with Crippen molar-refractivity contribution in [3.63, 3.8) is 0 Å². The Balaban J connectivity index is 2.98. The predicted molar refractivity (Wildman–Crippen MR) is 58.6 cm³/mol. The number of nitrogens with zero attached hydrogens (tertiary/aromatic N) is 1. The van der Waals surface area contributed by atoms with E-state index in [1.165, 1.54) is 7.11 Å². The largest absolute Gasteiger partial charge is 0.497 e. The number of rotatable bonds is 4. The number of methoxy groups -OCH3 is 1. The zero-order valence-electron chi connectivity index (χ0n) is 8.92. The van der Waals surface area contributed by atoms with E-state index in [1.807, 2.05) is 0 Å². The number of hydrogen-bond acceptors (Lipinski definition) is 5. The summed E-state index contributed by atoms with van der Waals surface area (Å²) in [6.07, 6.45) is -2.49. The second kappa shape index (κ2) is 5.35. The number of nitrogen functional groups attached to an aromatic ring is 1. The number of nitrogens with two attached hydrogens (primary N) is 1. The van der Waals surface area contributed by atoms with Gasteiger partial charge in [0.2, 0.25) is 0 Å². The fourth-order valence-corrected chi connectivity index (χ4v) is 1.35. The van der Waals surface area contributed by atoms with Gasteiger partial charge in [0.15, 0.2) is 0 Å². The minimum absolute atomic E-state index is 0.155. The molecule has 0 bridgehead atoms. The second-order valence-electron chi connectivity index (χ2n) is 3.37. The third-order valence-corrected chi connectivity index (χ3v) is 2.28. The van der Waals surface area contributed by atoms with E-state index in [0.29, 0.717) is 17.0 Å². The molecule has 4 N–H and O–H groups in total. The van der Waals surface area contributed by atoms with Gasteiger partial charge in [-0.05, 0) is 18.2 Å². The molecule has 0 aliphatic rings. The Morgan fingerprint density at radius 3 is 2.75 bits per heavy atom. The highest BCUT2D eigenvalue weighted by atomic mass is 16.5. The summed E-state index contributed by atoms with van der Waals surface area (Å²) in [5, 5.41) is 27.7. The standard InChI is InChI=1S/C11H14N2O3/c1-16-7-2-3-9(13)8(6-7)11(15)10(14)4-5-12/h2-3,6,10-11,14-15H,4,13H2,1H3. The Kier molecular flexibility index (Phi) is 4.11. The van der Waals surface area contributed by atoms with Crippen molar-refractivity contribution in [1.29, 1.82) is 5.26 Å². The van der Waals surface area contributed by atoms with E-state index in [1.54, 1.807) is 24.3 Å². The maximum absolute atomic E-state index is 9.78. The Morgan fingerprint density at radius 1 is 1.50 bits per heavy atom. The topological polar surface area (TPSA) is 99.5 Å². The molecule has 0 aromatic heterocycles. The molecule has 2 atom stereocenters. The summed E-state index contributed by atoms with van der Waals surface area (Å²) in [4.78, 5) is 0. The van der Waals surface area contributed by atoms with Crippen LogP contribution < -0.4 is 10.5 Å². The van der Waals surface area contributed by atoms with Crippen LogP contribution in [0.1, 0.15) is 18.1 Å². The molecule has 0 saturated heterocycles. The van der Waals surface area contributed by atoms with Crippen molar-refractivity contribution in [2.45, 2.75) is 18.6 Å². The van der Waals surface area contributed by atoms with Gasteiger partial charge in [0.25, 0.3) is 0 Å². The van der Waals surface area contributed by atoms with Gasteiger partial charge in [-0.1, -0.05) is 0 Å². The van der Waals surface area contributed by atoms with Crippen molar-refractivity contribution in [3.05, 3.63) is 23.8 Å². The summed E-state index contributed by atoms with van der Waals surface area (Å²) >= 11 is 0. The monoisotopic (exact) mass is 222 g/mol. The number of aliphatic hydroxyl groups is 2. The summed E-state index contributed by atoms with van der Waals surface area (Å²) in [5.41, 5.74) is 6.38. The van der Waals surface area contributed by atoms with Crippen LogP contribution in [0.15, 0.2) is 18.2 Å². The number of aliphatic hydroxyl groups excluding tert-OH is 2. The molecule has 1 aromatic carbocycles. The molecule has 1 rings (SSSR count). The SMILES string of the molecule is COc1ccc(N)c(C(O)C(O)CC#N)c1. The maximum atomic E-state index is 9.78. The predicted octanol–water partition coefficient (Wildman–Crippen LogP) is 0.585. The van der Waals surface area contributed by atoms with Crippen LogP contribution in [-0.2, 0) is 0 Å². The molecule has 2 unspecified atom stereocenters. The van der Waals surface area contributed by atoms with Gasteiger partial charge in [0.05, 0.1) is 25.7 Å². The van der Waals surface area contributed by atoms with Gasteiger partial charge in [-0.15, -0.1) is 0 Å². The number of nitriles is 1. The van der Waals surface area contributed by atoms with Gasteiger partial charge >= 0.3 is 0 Å². The Bertz CT molecular complexity index is 401. The van der Waals surface area contributed by atoms with Crippen LogP contribution in [0.4, 0.5) is 5.69 Å². The first-order valence-corrected chi connectivity index (χ1v) is 4.76. The van der Waals surface area contributed by atoms with Crippen molar-refractivity contribution >= 4 is 5.69 Å². The molecule has 0 fully saturated rings. The first-order chi connectivity index (χ1) is 7.60. The van der Waals surface area contributed by atoms with Crippen LogP contribution in [0.5, 0.6) is 5.75 Å². The van der Waals surface area contributed by atoms with Crippen LogP contribution in [0, 0.1) is 11.3 Å². The first-order valence-electron chi connectivity index (χ1n) is 4.76. The van der Waals surface area contributed by atoms with E-state index < -0.39 is 12.2 Å². The van der Waals surface area contributed by atoms with Crippen molar-refractivity contribution in [1.82, 2.24) is 0 Å². The van der Waals surface area contributed by atoms with Crippen LogP contribution in [0.25, 0.3) is 0 Å². The molecule has 0 spiro atoms. The lowest BCUT2D eigenvalue weighted by molar-refractivity contribution is 0.0220. The van der Waals surface area contributed by atoms with Crippen LogP contribution >= 0.6 is 0 Å². The Morgan fingerprint density at radius 2 is 2.19 bits per heavy atom. The van der Waals surface area contributed by atoms with Crippen molar-refractivity contribution < 1.29 is 14.9 Å². The normalized spacial score (nSPS) is 13.9. The first kappa shape index (κ1) is 12.3. The van der Waals surface area contributed by atoms with Crippen molar-refractivity contribution in [2.24, 2.45) is 0 Å². The smallest absolute Gasteiger partial charge is 0.119 e. The molecule has 16 heavy (non-hydrogen) atoms. The van der Waals surface area contributed by atoms with Crippen LogP contribution in [-0.4, -0.2) is 23.4 Å². The number of hydrogen-bond donors (Lipinski definition) is 3. The second-order valence-corrected chi connectivity index (χ2v) is 3.37. The number of benzene rings is 1. The molecule has 0 saturated carbocycles. The molecule has 0 radical (unpaired) electrons. The fourth-order valence-electron chi connectivity index (χ4n) is 1.35. The van der Waals surface area contributed by atoms with Crippen molar-refractivity contribution in [2.75, 3.05) is 12.8 Å². The molecular formula is C11H14N2O3. The minimum atomic E-state index is -1.19. The maximum Gasteiger partial charge on any atom is 0.119 e. The molecule has 0 heterocycles. The molecular weight excluding hydrogens is 208 g/mol. The summed E-state index contributed by atoms with van der Waals surface area (Å²) in [6.45, 7) is 0.